The fourth-order valence-electron chi connectivity index (χ4n) is 2.22. The van der Waals surface area contributed by atoms with Gasteiger partial charge in [0.15, 0.2) is 9.84 Å². The molecule has 4 nitrogen and oxygen atoms in total. The minimum absolute atomic E-state index is 0.291. The number of esters is 1. The van der Waals surface area contributed by atoms with E-state index in [1.807, 2.05) is 13.8 Å². The average molecular weight is 284 g/mol. The quantitative estimate of drug-likeness (QED) is 0.779. The molecule has 19 heavy (non-hydrogen) atoms. The molecule has 0 spiro atoms. The lowest BCUT2D eigenvalue weighted by atomic mass is 9.99. The lowest BCUT2D eigenvalue weighted by molar-refractivity contribution is 0.0599. The smallest absolute Gasteiger partial charge is 0.338 e. The van der Waals surface area contributed by atoms with Crippen LogP contribution in [0.15, 0.2) is 17.0 Å². The lowest BCUT2D eigenvalue weighted by Crippen LogP contribution is -2.13. The molecular formula is C14H20O4S. The van der Waals surface area contributed by atoms with Crippen molar-refractivity contribution in [3.8, 4) is 0 Å². The van der Waals surface area contributed by atoms with E-state index in [1.165, 1.54) is 13.4 Å². The Hall–Kier alpha value is -1.36. The van der Waals surface area contributed by atoms with E-state index >= 15 is 0 Å². The van der Waals surface area contributed by atoms with E-state index in [2.05, 4.69) is 0 Å². The van der Waals surface area contributed by atoms with E-state index in [0.717, 1.165) is 12.0 Å². The average Bonchev–Trinajstić information content (AvgIpc) is 2.36. The Bertz CT molecular complexity index is 573. The molecule has 0 aliphatic rings. The topological polar surface area (TPSA) is 60.4 Å². The monoisotopic (exact) mass is 284 g/mol. The van der Waals surface area contributed by atoms with Crippen LogP contribution in [-0.4, -0.2) is 27.8 Å². The molecule has 0 aliphatic heterocycles. The second kappa shape index (κ2) is 6.19. The van der Waals surface area contributed by atoms with Gasteiger partial charge >= 0.3 is 5.97 Å². The molecule has 0 unspecified atom stereocenters. The first-order valence-electron chi connectivity index (χ1n) is 6.29. The Kier molecular flexibility index (Phi) is 5.11. The van der Waals surface area contributed by atoms with E-state index < -0.39 is 15.8 Å². The highest BCUT2D eigenvalue weighted by Crippen LogP contribution is 2.27. The Labute approximate surface area is 114 Å². The zero-order chi connectivity index (χ0) is 14.6. The highest BCUT2D eigenvalue weighted by molar-refractivity contribution is 7.90. The number of ether oxygens (including phenoxy) is 1. The minimum atomic E-state index is -3.37. The maximum Gasteiger partial charge on any atom is 0.338 e. The summed E-state index contributed by atoms with van der Waals surface area (Å²) >= 11 is 0. The third-order valence-corrected chi connectivity index (χ3v) is 4.25. The molecule has 0 fully saturated rings. The summed E-state index contributed by atoms with van der Waals surface area (Å²) in [5, 5.41) is 0. The first kappa shape index (κ1) is 15.7. The summed E-state index contributed by atoms with van der Waals surface area (Å²) in [6, 6.07) is 3.35. The number of carbonyl (C=O) groups excluding carboxylic acids is 1. The molecule has 0 aromatic heterocycles. The molecule has 1 aromatic rings. The van der Waals surface area contributed by atoms with E-state index in [1.54, 1.807) is 12.1 Å². The van der Waals surface area contributed by atoms with Gasteiger partial charge in [0.2, 0.25) is 0 Å². The predicted octanol–water partition coefficient (Wildman–Crippen LogP) is 2.39. The van der Waals surface area contributed by atoms with E-state index in [0.29, 0.717) is 28.9 Å². The van der Waals surface area contributed by atoms with Crippen LogP contribution in [-0.2, 0) is 27.4 Å². The van der Waals surface area contributed by atoms with Crippen LogP contribution in [0.1, 0.15) is 41.8 Å². The molecule has 0 amide bonds. The molecule has 5 heteroatoms. The van der Waals surface area contributed by atoms with Crippen molar-refractivity contribution >= 4 is 15.8 Å². The van der Waals surface area contributed by atoms with Gasteiger partial charge in [0.1, 0.15) is 0 Å². The van der Waals surface area contributed by atoms with Crippen molar-refractivity contribution in [1.82, 2.24) is 0 Å². The second-order valence-electron chi connectivity index (χ2n) is 4.45. The molecule has 0 bridgehead atoms. The number of carbonyl (C=O) groups is 1. The van der Waals surface area contributed by atoms with Crippen molar-refractivity contribution in [2.75, 3.05) is 13.4 Å². The van der Waals surface area contributed by atoms with Crippen LogP contribution in [0, 0.1) is 0 Å². The van der Waals surface area contributed by atoms with Crippen LogP contribution < -0.4 is 0 Å². The number of hydrogen-bond donors (Lipinski definition) is 0. The zero-order valence-electron chi connectivity index (χ0n) is 11.8. The van der Waals surface area contributed by atoms with Crippen molar-refractivity contribution in [3.05, 3.63) is 28.8 Å². The predicted molar refractivity (Wildman–Crippen MR) is 74.3 cm³/mol. The highest BCUT2D eigenvalue weighted by atomic mass is 32.2. The van der Waals surface area contributed by atoms with Gasteiger partial charge in [-0.15, -0.1) is 0 Å². The van der Waals surface area contributed by atoms with E-state index in [9.17, 15) is 13.2 Å². The summed E-state index contributed by atoms with van der Waals surface area (Å²) in [5.41, 5.74) is 1.68. The second-order valence-corrected chi connectivity index (χ2v) is 6.40. The molecule has 0 saturated heterocycles. The van der Waals surface area contributed by atoms with Gasteiger partial charge in [-0.1, -0.05) is 26.3 Å². The molecular weight excluding hydrogens is 264 g/mol. The first-order chi connectivity index (χ1) is 8.86. The molecule has 0 radical (unpaired) electrons. The number of methoxy groups -OCH3 is 1. The largest absolute Gasteiger partial charge is 0.465 e. The van der Waals surface area contributed by atoms with E-state index in [-0.39, 0.29) is 0 Å². The van der Waals surface area contributed by atoms with Gasteiger partial charge in [0.25, 0.3) is 0 Å². The summed E-state index contributed by atoms with van der Waals surface area (Å²) < 4.78 is 28.8. The van der Waals surface area contributed by atoms with Crippen molar-refractivity contribution in [3.63, 3.8) is 0 Å². The molecule has 0 atom stereocenters. The van der Waals surface area contributed by atoms with Gasteiger partial charge in [-0.2, -0.15) is 0 Å². The van der Waals surface area contributed by atoms with Gasteiger partial charge in [-0.05, 0) is 30.0 Å². The molecule has 1 rings (SSSR count). The Morgan fingerprint density at radius 3 is 2.32 bits per heavy atom. The number of rotatable bonds is 5. The number of hydrogen-bond acceptors (Lipinski definition) is 4. The first-order valence-corrected chi connectivity index (χ1v) is 8.19. The number of sulfone groups is 1. The fraction of sp³-hybridized carbons (Fsp3) is 0.500. The SMILES string of the molecule is CCCc1c(C(=O)OC)ccc(CC)c1S(C)(=O)=O. The van der Waals surface area contributed by atoms with Crippen molar-refractivity contribution in [2.45, 2.75) is 38.0 Å². The normalized spacial score (nSPS) is 11.4. The van der Waals surface area contributed by atoms with Gasteiger partial charge in [-0.3, -0.25) is 0 Å². The molecule has 0 saturated carbocycles. The molecule has 0 aliphatic carbocycles. The third kappa shape index (κ3) is 3.35. The van der Waals surface area contributed by atoms with Crippen LogP contribution in [0.2, 0.25) is 0 Å². The number of benzene rings is 1. The molecule has 0 heterocycles. The Morgan fingerprint density at radius 1 is 1.26 bits per heavy atom. The summed E-state index contributed by atoms with van der Waals surface area (Å²) in [6.07, 6.45) is 3.10. The third-order valence-electron chi connectivity index (χ3n) is 3.00. The van der Waals surface area contributed by atoms with Crippen LogP contribution in [0.3, 0.4) is 0 Å². The summed E-state index contributed by atoms with van der Waals surface area (Å²) in [5.74, 6) is -0.490. The van der Waals surface area contributed by atoms with Crippen molar-refractivity contribution < 1.29 is 17.9 Å². The van der Waals surface area contributed by atoms with Gasteiger partial charge < -0.3 is 4.74 Å². The summed E-state index contributed by atoms with van der Waals surface area (Å²) in [6.45, 7) is 3.85. The minimum Gasteiger partial charge on any atom is -0.465 e. The van der Waals surface area contributed by atoms with E-state index in [4.69, 9.17) is 4.74 Å². The van der Waals surface area contributed by atoms with Gasteiger partial charge in [0.05, 0.1) is 17.6 Å². The van der Waals surface area contributed by atoms with Crippen LogP contribution in [0.4, 0.5) is 0 Å². The van der Waals surface area contributed by atoms with Crippen molar-refractivity contribution in [2.24, 2.45) is 0 Å². The van der Waals surface area contributed by atoms with Crippen LogP contribution in [0.25, 0.3) is 0 Å². The van der Waals surface area contributed by atoms with Crippen molar-refractivity contribution in [1.29, 1.82) is 0 Å². The maximum atomic E-state index is 12.0. The standard InChI is InChI=1S/C14H20O4S/c1-5-7-11-12(14(15)18-3)9-8-10(6-2)13(11)19(4,16)17/h8-9H,5-7H2,1-4H3. The Morgan fingerprint density at radius 2 is 1.89 bits per heavy atom. The van der Waals surface area contributed by atoms with Crippen LogP contribution in [0.5, 0.6) is 0 Å². The van der Waals surface area contributed by atoms with Gasteiger partial charge in [0, 0.05) is 6.26 Å². The Balaban J connectivity index is 3.68. The lowest BCUT2D eigenvalue weighted by Gasteiger charge is -2.15. The maximum absolute atomic E-state index is 12.0. The summed E-state index contributed by atoms with van der Waals surface area (Å²) in [7, 11) is -2.07. The zero-order valence-corrected chi connectivity index (χ0v) is 12.6. The summed E-state index contributed by atoms with van der Waals surface area (Å²) in [4.78, 5) is 12.1. The highest BCUT2D eigenvalue weighted by Gasteiger charge is 2.23. The number of aryl methyl sites for hydroxylation is 1. The molecule has 106 valence electrons. The molecule has 1 aromatic carbocycles. The molecule has 0 N–H and O–H groups in total. The van der Waals surface area contributed by atoms with Gasteiger partial charge in [-0.25, -0.2) is 13.2 Å². The van der Waals surface area contributed by atoms with Crippen LogP contribution >= 0.6 is 0 Å². The fourth-order valence-corrected chi connectivity index (χ4v) is 3.56.